The van der Waals surface area contributed by atoms with Crippen LogP contribution >= 0.6 is 0 Å². The molecule has 1 aliphatic heterocycles. The summed E-state index contributed by atoms with van der Waals surface area (Å²) in [5.74, 6) is -3.24. The van der Waals surface area contributed by atoms with Crippen molar-refractivity contribution in [3.8, 4) is 0 Å². The van der Waals surface area contributed by atoms with Crippen molar-refractivity contribution in [2.75, 3.05) is 0 Å². The Morgan fingerprint density at radius 1 is 1.32 bits per heavy atom. The second-order valence-electron chi connectivity index (χ2n) is 8.46. The van der Waals surface area contributed by atoms with E-state index in [-0.39, 0.29) is 17.8 Å². The molecule has 25 heavy (non-hydrogen) atoms. The summed E-state index contributed by atoms with van der Waals surface area (Å²) in [6.45, 7) is 1.87. The second kappa shape index (κ2) is 4.65. The molecule has 0 radical (unpaired) electrons. The average Bonchev–Trinajstić information content (AvgIpc) is 3.25. The smallest absolute Gasteiger partial charge is 0.310 e. The monoisotopic (exact) mass is 368 g/mol. The standard InChI is InChI=1S/C17H20O7S/c1-17-3-2-7(6-17)11(12(17)15(18)19)16(20)23-13-8-4-9-10(5-8)25(21,22)24-14(9)13/h2-3,7-14H,4-6H2,1H3,(H,18,19). The molecule has 9 unspecified atom stereocenters. The molecule has 0 aromatic rings. The Labute approximate surface area is 145 Å². The molecule has 1 N–H and O–H groups in total. The van der Waals surface area contributed by atoms with Gasteiger partial charge in [0, 0.05) is 17.3 Å². The quantitative estimate of drug-likeness (QED) is 0.449. The van der Waals surface area contributed by atoms with Gasteiger partial charge in [-0.2, -0.15) is 8.42 Å². The highest BCUT2D eigenvalue weighted by atomic mass is 32.2. The van der Waals surface area contributed by atoms with Crippen LogP contribution in [0.4, 0.5) is 0 Å². The lowest BCUT2D eigenvalue weighted by Crippen LogP contribution is -2.42. The van der Waals surface area contributed by atoms with Crippen LogP contribution < -0.4 is 0 Å². The molecule has 0 aromatic heterocycles. The second-order valence-corrected chi connectivity index (χ2v) is 10.2. The molecule has 0 aromatic carbocycles. The van der Waals surface area contributed by atoms with Crippen LogP contribution in [0.5, 0.6) is 0 Å². The molecule has 7 nitrogen and oxygen atoms in total. The van der Waals surface area contributed by atoms with Crippen LogP contribution in [0.15, 0.2) is 12.2 Å². The van der Waals surface area contributed by atoms with Crippen LogP contribution in [0.3, 0.4) is 0 Å². The molecule has 1 saturated heterocycles. The third-order valence-corrected chi connectivity index (χ3v) is 8.91. The Kier molecular flexibility index (Phi) is 2.94. The zero-order valence-electron chi connectivity index (χ0n) is 13.7. The van der Waals surface area contributed by atoms with Crippen molar-refractivity contribution in [3.05, 3.63) is 12.2 Å². The van der Waals surface area contributed by atoms with Gasteiger partial charge in [0.05, 0.1) is 17.1 Å². The van der Waals surface area contributed by atoms with Crippen LogP contribution in [0.2, 0.25) is 0 Å². The fraction of sp³-hybridized carbons (Fsp3) is 0.765. The maximum Gasteiger partial charge on any atom is 0.310 e. The molecule has 0 amide bonds. The summed E-state index contributed by atoms with van der Waals surface area (Å²) in [7, 11) is -3.56. The molecular formula is C17H20O7S. The average molecular weight is 368 g/mol. The van der Waals surface area contributed by atoms with Gasteiger partial charge in [-0.3, -0.25) is 13.8 Å². The molecule has 4 bridgehead atoms. The molecule has 5 rings (SSSR count). The van der Waals surface area contributed by atoms with Gasteiger partial charge in [0.25, 0.3) is 10.1 Å². The van der Waals surface area contributed by atoms with Crippen molar-refractivity contribution in [3.63, 3.8) is 0 Å². The lowest BCUT2D eigenvalue weighted by molar-refractivity contribution is -0.168. The summed E-state index contributed by atoms with van der Waals surface area (Å²) < 4.78 is 34.9. The number of carbonyl (C=O) groups is 2. The van der Waals surface area contributed by atoms with Gasteiger partial charge in [-0.05, 0) is 25.2 Å². The Bertz CT molecular complexity index is 802. The molecule has 0 spiro atoms. The zero-order valence-corrected chi connectivity index (χ0v) is 14.5. The van der Waals surface area contributed by atoms with E-state index in [2.05, 4.69) is 0 Å². The van der Waals surface area contributed by atoms with Gasteiger partial charge in [-0.1, -0.05) is 19.1 Å². The first-order valence-electron chi connectivity index (χ1n) is 8.76. The van der Waals surface area contributed by atoms with E-state index in [0.717, 1.165) is 0 Å². The van der Waals surface area contributed by atoms with Gasteiger partial charge in [0.2, 0.25) is 0 Å². The molecule has 136 valence electrons. The van der Waals surface area contributed by atoms with Crippen molar-refractivity contribution >= 4 is 22.1 Å². The summed E-state index contributed by atoms with van der Waals surface area (Å²) in [5, 5.41) is 9.15. The maximum atomic E-state index is 12.8. The van der Waals surface area contributed by atoms with E-state index in [4.69, 9.17) is 8.92 Å². The van der Waals surface area contributed by atoms with E-state index in [0.29, 0.717) is 19.3 Å². The zero-order chi connectivity index (χ0) is 17.7. The first kappa shape index (κ1) is 15.8. The first-order valence-corrected chi connectivity index (χ1v) is 10.2. The molecule has 8 heteroatoms. The van der Waals surface area contributed by atoms with Crippen LogP contribution in [0, 0.1) is 35.0 Å². The molecule has 5 aliphatic rings. The van der Waals surface area contributed by atoms with E-state index in [1.54, 1.807) is 0 Å². The summed E-state index contributed by atoms with van der Waals surface area (Å²) >= 11 is 0. The fourth-order valence-electron chi connectivity index (χ4n) is 6.13. The molecule has 9 atom stereocenters. The third kappa shape index (κ3) is 1.92. The number of carbonyl (C=O) groups excluding carboxylic acids is 1. The van der Waals surface area contributed by atoms with Crippen LogP contribution in [0.25, 0.3) is 0 Å². The van der Waals surface area contributed by atoms with Crippen molar-refractivity contribution in [1.29, 1.82) is 0 Å². The lowest BCUT2D eigenvalue weighted by Gasteiger charge is -2.31. The normalized spacial score (nSPS) is 53.5. The highest BCUT2D eigenvalue weighted by Gasteiger charge is 2.66. The van der Waals surface area contributed by atoms with Crippen LogP contribution in [0.1, 0.15) is 26.2 Å². The van der Waals surface area contributed by atoms with Gasteiger partial charge in [0.15, 0.2) is 0 Å². The number of fused-ring (bicyclic) bond motifs is 3. The molecule has 4 aliphatic carbocycles. The first-order chi connectivity index (χ1) is 11.7. The number of aliphatic carboxylic acids is 1. The summed E-state index contributed by atoms with van der Waals surface area (Å²) in [6, 6.07) is 0. The van der Waals surface area contributed by atoms with E-state index in [1.165, 1.54) is 0 Å². The number of ether oxygens (including phenoxy) is 1. The van der Waals surface area contributed by atoms with Gasteiger partial charge in [-0.15, -0.1) is 0 Å². The van der Waals surface area contributed by atoms with E-state index >= 15 is 0 Å². The van der Waals surface area contributed by atoms with Gasteiger partial charge in [-0.25, -0.2) is 0 Å². The Hall–Kier alpha value is -1.41. The van der Waals surface area contributed by atoms with Crippen molar-refractivity contribution in [2.45, 2.75) is 43.6 Å². The maximum absolute atomic E-state index is 12.8. The highest BCUT2D eigenvalue weighted by Crippen LogP contribution is 2.58. The Balaban J connectivity index is 1.39. The SMILES string of the molecule is CC12C=CC(C1)C(C(=O)OC1C3CC4C1OS(=O)(=O)C4C3)C2C(=O)O. The number of allylic oxidation sites excluding steroid dienone is 2. The van der Waals surface area contributed by atoms with Crippen LogP contribution in [-0.2, 0) is 28.6 Å². The largest absolute Gasteiger partial charge is 0.481 e. The predicted octanol–water partition coefficient (Wildman–Crippen LogP) is 0.948. The molecule has 1 heterocycles. The van der Waals surface area contributed by atoms with Crippen molar-refractivity contribution in [1.82, 2.24) is 0 Å². The minimum Gasteiger partial charge on any atom is -0.481 e. The molecule has 3 saturated carbocycles. The van der Waals surface area contributed by atoms with E-state index < -0.39 is 56.8 Å². The van der Waals surface area contributed by atoms with Gasteiger partial charge < -0.3 is 9.84 Å². The number of carboxylic acids is 1. The lowest BCUT2D eigenvalue weighted by atomic mass is 9.75. The number of rotatable bonds is 3. The fourth-order valence-corrected chi connectivity index (χ4v) is 8.01. The van der Waals surface area contributed by atoms with Crippen molar-refractivity contribution < 1.29 is 32.0 Å². The topological polar surface area (TPSA) is 107 Å². The van der Waals surface area contributed by atoms with Gasteiger partial charge in [0.1, 0.15) is 12.2 Å². The Morgan fingerprint density at radius 2 is 2.08 bits per heavy atom. The van der Waals surface area contributed by atoms with E-state index in [9.17, 15) is 23.1 Å². The predicted molar refractivity (Wildman–Crippen MR) is 83.6 cm³/mol. The minimum atomic E-state index is -3.56. The van der Waals surface area contributed by atoms with Gasteiger partial charge >= 0.3 is 11.9 Å². The van der Waals surface area contributed by atoms with Crippen molar-refractivity contribution in [2.24, 2.45) is 35.0 Å². The number of carboxylic acid groups (broad SMARTS) is 1. The third-order valence-electron chi connectivity index (χ3n) is 7.13. The van der Waals surface area contributed by atoms with Crippen LogP contribution in [-0.4, -0.2) is 42.9 Å². The summed E-state index contributed by atoms with van der Waals surface area (Å²) in [4.78, 5) is 24.6. The number of hydrogen-bond donors (Lipinski definition) is 1. The molecule has 4 fully saturated rings. The summed E-state index contributed by atoms with van der Waals surface area (Å²) in [6.07, 6.45) is 4.45. The highest BCUT2D eigenvalue weighted by molar-refractivity contribution is 7.87. The number of esters is 1. The van der Waals surface area contributed by atoms with E-state index in [1.807, 2.05) is 19.1 Å². The Morgan fingerprint density at radius 3 is 2.80 bits per heavy atom. The number of hydrogen-bond acceptors (Lipinski definition) is 6. The molecular weight excluding hydrogens is 348 g/mol. The summed E-state index contributed by atoms with van der Waals surface area (Å²) in [5.41, 5.74) is -0.521. The minimum absolute atomic E-state index is 0.00535.